The van der Waals surface area contributed by atoms with Gasteiger partial charge in [0.05, 0.1) is 0 Å². The van der Waals surface area contributed by atoms with Gasteiger partial charge in [0, 0.05) is 11.3 Å². The first kappa shape index (κ1) is 24.6. The molecule has 5 aromatic carbocycles. The van der Waals surface area contributed by atoms with Gasteiger partial charge >= 0.3 is 0 Å². The number of benzene rings is 5. The molecule has 0 radical (unpaired) electrons. The van der Waals surface area contributed by atoms with Crippen molar-refractivity contribution in [2.24, 2.45) is 0 Å². The van der Waals surface area contributed by atoms with E-state index in [1.165, 1.54) is 32.3 Å². The predicted octanol–water partition coefficient (Wildman–Crippen LogP) is 8.07. The van der Waals surface area contributed by atoms with Crippen LogP contribution in [0.2, 0.25) is 0 Å². The second-order valence-electron chi connectivity index (χ2n) is 9.10. The molecule has 0 saturated carbocycles. The van der Waals surface area contributed by atoms with Crippen LogP contribution < -0.4 is 21.2 Å². The molecule has 0 bridgehead atoms. The lowest BCUT2D eigenvalue weighted by molar-refractivity contribution is 1.04. The maximum Gasteiger partial charge on any atom is 0.00938 e. The van der Waals surface area contributed by atoms with E-state index in [0.29, 0.717) is 11.3 Å². The lowest BCUT2D eigenvalue weighted by Gasteiger charge is -2.29. The van der Waals surface area contributed by atoms with Crippen LogP contribution in [0.5, 0.6) is 0 Å². The molecule has 178 valence electrons. The smallest absolute Gasteiger partial charge is 0.00938 e. The van der Waals surface area contributed by atoms with Crippen molar-refractivity contribution in [1.29, 1.82) is 0 Å². The van der Waals surface area contributed by atoms with Gasteiger partial charge in [-0.15, -0.1) is 0 Å². The molecule has 0 aliphatic rings. The first-order chi connectivity index (χ1) is 17.7. The van der Waals surface area contributed by atoms with Gasteiger partial charge in [0.2, 0.25) is 0 Å². The molecular formula is C34H32P2. The van der Waals surface area contributed by atoms with Gasteiger partial charge in [-0.05, 0) is 48.2 Å². The molecule has 0 nitrogen and oxygen atoms in total. The largest absolute Gasteiger partial charge is 0.0622 e. The topological polar surface area (TPSA) is 0 Å². The summed E-state index contributed by atoms with van der Waals surface area (Å²) in [7, 11) is -1.04. The molecule has 2 heteroatoms. The maximum atomic E-state index is 2.48. The first-order valence-corrected chi connectivity index (χ1v) is 15.4. The average molecular weight is 503 g/mol. The minimum atomic E-state index is -0.518. The molecule has 0 aliphatic heterocycles. The van der Waals surface area contributed by atoms with Crippen molar-refractivity contribution in [2.45, 2.75) is 25.2 Å². The van der Waals surface area contributed by atoms with E-state index in [9.17, 15) is 0 Å². The van der Waals surface area contributed by atoms with Gasteiger partial charge in [-0.2, -0.15) is 0 Å². The summed E-state index contributed by atoms with van der Waals surface area (Å²) < 4.78 is 0. The summed E-state index contributed by atoms with van der Waals surface area (Å²) in [6.07, 6.45) is 0. The van der Waals surface area contributed by atoms with E-state index < -0.39 is 15.8 Å². The molecule has 0 aliphatic carbocycles. The highest BCUT2D eigenvalue weighted by Crippen LogP contribution is 2.52. The third-order valence-corrected chi connectivity index (χ3v) is 12.4. The lowest BCUT2D eigenvalue weighted by Crippen LogP contribution is -2.17. The van der Waals surface area contributed by atoms with Crippen LogP contribution in [0.1, 0.15) is 36.3 Å². The first-order valence-electron chi connectivity index (χ1n) is 12.6. The van der Waals surface area contributed by atoms with E-state index in [1.54, 1.807) is 0 Å². The van der Waals surface area contributed by atoms with E-state index in [0.717, 1.165) is 0 Å². The molecule has 0 amide bonds. The molecule has 5 aromatic rings. The Morgan fingerprint density at radius 2 is 0.639 bits per heavy atom. The van der Waals surface area contributed by atoms with Gasteiger partial charge in [-0.25, -0.2) is 0 Å². The summed E-state index contributed by atoms with van der Waals surface area (Å²) in [6.45, 7) is 4.82. The molecular weight excluding hydrogens is 470 g/mol. The highest BCUT2D eigenvalue weighted by molar-refractivity contribution is 7.73. The summed E-state index contributed by atoms with van der Waals surface area (Å²) in [4.78, 5) is 0. The third kappa shape index (κ3) is 5.52. The van der Waals surface area contributed by atoms with E-state index in [1.807, 2.05) is 0 Å². The van der Waals surface area contributed by atoms with Crippen LogP contribution in [0.25, 0.3) is 0 Å². The molecule has 0 N–H and O–H groups in total. The molecule has 0 spiro atoms. The Balaban J connectivity index is 1.53. The molecule has 5 rings (SSSR count). The van der Waals surface area contributed by atoms with E-state index in [-0.39, 0.29) is 0 Å². The van der Waals surface area contributed by atoms with Crippen LogP contribution in [0, 0.1) is 0 Å². The van der Waals surface area contributed by atoms with Crippen LogP contribution >= 0.6 is 15.8 Å². The van der Waals surface area contributed by atoms with E-state index >= 15 is 0 Å². The fourth-order valence-corrected chi connectivity index (χ4v) is 10.2. The van der Waals surface area contributed by atoms with Crippen LogP contribution in [0.3, 0.4) is 0 Å². The van der Waals surface area contributed by atoms with Crippen LogP contribution in [0.15, 0.2) is 146 Å². The Labute approximate surface area is 218 Å². The minimum Gasteiger partial charge on any atom is -0.0622 e. The molecule has 0 saturated heterocycles. The molecule has 0 fully saturated rings. The Bertz CT molecular complexity index is 1170. The Kier molecular flexibility index (Phi) is 8.08. The molecule has 2 atom stereocenters. The van der Waals surface area contributed by atoms with E-state index in [2.05, 4.69) is 159 Å². The van der Waals surface area contributed by atoms with Gasteiger partial charge in [0.25, 0.3) is 0 Å². The van der Waals surface area contributed by atoms with Crippen molar-refractivity contribution in [3.63, 3.8) is 0 Å². The van der Waals surface area contributed by atoms with Gasteiger partial charge in [0.1, 0.15) is 0 Å². The fourth-order valence-electron chi connectivity index (χ4n) is 4.92. The number of hydrogen-bond donors (Lipinski definition) is 0. The second kappa shape index (κ2) is 11.8. The highest BCUT2D eigenvalue weighted by atomic mass is 31.1. The van der Waals surface area contributed by atoms with Gasteiger partial charge in [-0.1, -0.05) is 159 Å². The lowest BCUT2D eigenvalue weighted by atomic mass is 10.1. The zero-order valence-electron chi connectivity index (χ0n) is 20.9. The highest BCUT2D eigenvalue weighted by Gasteiger charge is 2.25. The maximum absolute atomic E-state index is 2.48. The molecule has 0 heterocycles. The summed E-state index contributed by atoms with van der Waals surface area (Å²) in [6, 6.07) is 53.6. The minimum absolute atomic E-state index is 0.414. The van der Waals surface area contributed by atoms with Crippen LogP contribution in [-0.2, 0) is 0 Å². The van der Waals surface area contributed by atoms with Crippen molar-refractivity contribution >= 4 is 37.1 Å². The summed E-state index contributed by atoms with van der Waals surface area (Å²) in [5.41, 5.74) is 3.68. The van der Waals surface area contributed by atoms with Crippen LogP contribution in [-0.4, -0.2) is 0 Å². The van der Waals surface area contributed by atoms with Gasteiger partial charge in [0.15, 0.2) is 0 Å². The van der Waals surface area contributed by atoms with Crippen molar-refractivity contribution in [3.8, 4) is 0 Å². The Hall–Kier alpha value is -3.04. The summed E-state index contributed by atoms with van der Waals surface area (Å²) in [5.74, 6) is 0. The average Bonchev–Trinajstić information content (AvgIpc) is 2.96. The van der Waals surface area contributed by atoms with Gasteiger partial charge in [-0.3, -0.25) is 0 Å². The van der Waals surface area contributed by atoms with Crippen molar-refractivity contribution in [2.75, 3.05) is 0 Å². The fraction of sp³-hybridized carbons (Fsp3) is 0.118. The quantitative estimate of drug-likeness (QED) is 0.188. The summed E-state index contributed by atoms with van der Waals surface area (Å²) in [5, 5.41) is 5.72. The number of rotatable bonds is 8. The SMILES string of the molecule is C[C@@H](c1cccc([C@H](C)P(c2ccccc2)c2ccccc2)c1)P(c1ccccc1)c1ccccc1. The molecule has 0 unspecified atom stereocenters. The van der Waals surface area contributed by atoms with Crippen molar-refractivity contribution in [1.82, 2.24) is 0 Å². The monoisotopic (exact) mass is 502 g/mol. The Morgan fingerprint density at radius 1 is 0.361 bits per heavy atom. The van der Waals surface area contributed by atoms with Crippen molar-refractivity contribution in [3.05, 3.63) is 157 Å². The summed E-state index contributed by atoms with van der Waals surface area (Å²) >= 11 is 0. The number of hydrogen-bond acceptors (Lipinski definition) is 0. The molecule has 0 aromatic heterocycles. The third-order valence-electron chi connectivity index (χ3n) is 6.79. The zero-order chi connectivity index (χ0) is 24.7. The Morgan fingerprint density at radius 3 is 0.917 bits per heavy atom. The second-order valence-corrected chi connectivity index (χ2v) is 14.2. The zero-order valence-corrected chi connectivity index (χ0v) is 22.7. The van der Waals surface area contributed by atoms with Crippen LogP contribution in [0.4, 0.5) is 0 Å². The molecule has 36 heavy (non-hydrogen) atoms. The predicted molar refractivity (Wildman–Crippen MR) is 161 cm³/mol. The van der Waals surface area contributed by atoms with Crippen molar-refractivity contribution < 1.29 is 0 Å². The normalized spacial score (nSPS) is 13.0. The van der Waals surface area contributed by atoms with Gasteiger partial charge < -0.3 is 0 Å². The van der Waals surface area contributed by atoms with E-state index in [4.69, 9.17) is 0 Å². The standard InChI is InChI=1S/C34H32P2/c1-27(35(31-18-7-3-8-19-31)32-20-9-4-10-21-32)29-16-15-17-30(26-29)28(2)36(33-22-11-5-12-23-33)34-24-13-6-14-25-34/h3-28H,1-2H3/t27-,28-/m0/s1.